The van der Waals surface area contributed by atoms with Crippen molar-refractivity contribution < 1.29 is 4.79 Å². The fourth-order valence-corrected chi connectivity index (χ4v) is 1.30. The van der Waals surface area contributed by atoms with Crippen molar-refractivity contribution in [2.75, 3.05) is 0 Å². The van der Waals surface area contributed by atoms with Gasteiger partial charge in [0, 0.05) is 18.5 Å². The molecule has 1 rings (SSSR count). The lowest BCUT2D eigenvalue weighted by molar-refractivity contribution is -0.118. The van der Waals surface area contributed by atoms with E-state index in [4.69, 9.17) is 0 Å². The first-order valence-corrected chi connectivity index (χ1v) is 5.07. The summed E-state index contributed by atoms with van der Waals surface area (Å²) in [5.74, 6) is 0.258. The normalized spacial score (nSPS) is 10.1. The molecule has 14 heavy (non-hydrogen) atoms. The van der Waals surface area contributed by atoms with Gasteiger partial charge >= 0.3 is 0 Å². The number of hydrogen-bond donors (Lipinski definition) is 0. The third-order valence-corrected chi connectivity index (χ3v) is 2.05. The van der Waals surface area contributed by atoms with Crippen LogP contribution in [0.1, 0.15) is 38.1 Å². The Labute approximate surface area is 84.6 Å². The van der Waals surface area contributed by atoms with Crippen molar-refractivity contribution in [1.29, 1.82) is 0 Å². The number of ketones is 1. The van der Waals surface area contributed by atoms with Gasteiger partial charge < -0.3 is 0 Å². The van der Waals surface area contributed by atoms with Crippen molar-refractivity contribution in [2.45, 2.75) is 39.5 Å². The first kappa shape index (κ1) is 10.8. The van der Waals surface area contributed by atoms with Gasteiger partial charge in [-0.2, -0.15) is 0 Å². The van der Waals surface area contributed by atoms with E-state index in [1.54, 1.807) is 0 Å². The predicted molar refractivity (Wildman–Crippen MR) is 55.0 cm³/mol. The number of nitrogens with zero attached hydrogens (tertiary/aromatic N) is 2. The van der Waals surface area contributed by atoms with Crippen LogP contribution in [0.25, 0.3) is 0 Å². The number of carbonyl (C=O) groups is 1. The number of hydrogen-bond acceptors (Lipinski definition) is 3. The summed E-state index contributed by atoms with van der Waals surface area (Å²) in [5, 5.41) is 0. The predicted octanol–water partition coefficient (Wildman–Crippen LogP) is 1.95. The molecule has 3 nitrogen and oxygen atoms in total. The lowest BCUT2D eigenvalue weighted by Gasteiger charge is -2.00. The molecular weight excluding hydrogens is 176 g/mol. The standard InChI is InChI=1S/C11H16N2O/c1-3-5-11(14)7-10-6-9(4-2)12-8-13-10/h6,8H,3-5,7H2,1-2H3. The Bertz CT molecular complexity index is 310. The minimum absolute atomic E-state index is 0.258. The van der Waals surface area contributed by atoms with E-state index in [0.717, 1.165) is 24.2 Å². The zero-order valence-corrected chi connectivity index (χ0v) is 8.79. The van der Waals surface area contributed by atoms with Gasteiger partial charge in [0.05, 0.1) is 5.69 Å². The van der Waals surface area contributed by atoms with E-state index in [1.165, 1.54) is 6.33 Å². The molecule has 0 aliphatic rings. The van der Waals surface area contributed by atoms with Gasteiger partial charge in [0.2, 0.25) is 0 Å². The summed E-state index contributed by atoms with van der Waals surface area (Å²) in [5.41, 5.74) is 1.84. The molecule has 0 saturated carbocycles. The lowest BCUT2D eigenvalue weighted by atomic mass is 10.1. The molecule has 0 N–H and O–H groups in total. The number of aryl methyl sites for hydroxylation is 1. The average Bonchev–Trinajstić information content (AvgIpc) is 2.18. The van der Waals surface area contributed by atoms with Crippen LogP contribution in [-0.2, 0) is 17.6 Å². The fraction of sp³-hybridized carbons (Fsp3) is 0.545. The molecule has 0 aromatic carbocycles. The van der Waals surface area contributed by atoms with Crippen LogP contribution in [0.2, 0.25) is 0 Å². The SMILES string of the molecule is CCCC(=O)Cc1cc(CC)ncn1. The second-order valence-corrected chi connectivity index (χ2v) is 3.32. The highest BCUT2D eigenvalue weighted by atomic mass is 16.1. The van der Waals surface area contributed by atoms with Crippen molar-refractivity contribution in [2.24, 2.45) is 0 Å². The molecule has 0 spiro atoms. The molecule has 76 valence electrons. The van der Waals surface area contributed by atoms with Crippen molar-refractivity contribution in [1.82, 2.24) is 9.97 Å². The number of Topliss-reactive ketones (excluding diaryl/α,β-unsaturated/α-hetero) is 1. The van der Waals surface area contributed by atoms with Crippen LogP contribution >= 0.6 is 0 Å². The Morgan fingerprint density at radius 1 is 1.29 bits per heavy atom. The highest BCUT2D eigenvalue weighted by molar-refractivity contribution is 5.80. The fourth-order valence-electron chi connectivity index (χ4n) is 1.30. The summed E-state index contributed by atoms with van der Waals surface area (Å²) >= 11 is 0. The summed E-state index contributed by atoms with van der Waals surface area (Å²) in [7, 11) is 0. The van der Waals surface area contributed by atoms with Gasteiger partial charge in [0.25, 0.3) is 0 Å². The highest BCUT2D eigenvalue weighted by Gasteiger charge is 2.04. The quantitative estimate of drug-likeness (QED) is 0.716. The third kappa shape index (κ3) is 3.24. The van der Waals surface area contributed by atoms with Gasteiger partial charge in [-0.25, -0.2) is 9.97 Å². The third-order valence-electron chi connectivity index (χ3n) is 2.05. The van der Waals surface area contributed by atoms with Crippen molar-refractivity contribution in [3.05, 3.63) is 23.8 Å². The molecule has 1 heterocycles. The zero-order valence-electron chi connectivity index (χ0n) is 8.79. The Balaban J connectivity index is 2.62. The van der Waals surface area contributed by atoms with Gasteiger partial charge in [0.15, 0.2) is 0 Å². The molecule has 0 unspecified atom stereocenters. The van der Waals surface area contributed by atoms with Crippen LogP contribution < -0.4 is 0 Å². The summed E-state index contributed by atoms with van der Waals surface area (Å²) in [6.45, 7) is 4.05. The van der Waals surface area contributed by atoms with Crippen LogP contribution in [0.5, 0.6) is 0 Å². The van der Waals surface area contributed by atoms with Gasteiger partial charge in [-0.1, -0.05) is 13.8 Å². The summed E-state index contributed by atoms with van der Waals surface area (Å²) in [6.07, 6.45) is 4.42. The largest absolute Gasteiger partial charge is 0.299 e. The van der Waals surface area contributed by atoms with Crippen LogP contribution in [0.4, 0.5) is 0 Å². The Kier molecular flexibility index (Phi) is 4.23. The molecule has 0 fully saturated rings. The highest BCUT2D eigenvalue weighted by Crippen LogP contribution is 2.02. The maximum atomic E-state index is 11.4. The monoisotopic (exact) mass is 192 g/mol. The average molecular weight is 192 g/mol. The second kappa shape index (κ2) is 5.47. The van der Waals surface area contributed by atoms with Gasteiger partial charge in [-0.15, -0.1) is 0 Å². The molecule has 1 aromatic heterocycles. The van der Waals surface area contributed by atoms with Gasteiger partial charge in [0.1, 0.15) is 12.1 Å². The molecule has 0 aliphatic carbocycles. The van der Waals surface area contributed by atoms with Crippen LogP contribution in [0, 0.1) is 0 Å². The number of carbonyl (C=O) groups excluding carboxylic acids is 1. The van der Waals surface area contributed by atoms with E-state index >= 15 is 0 Å². The first-order valence-electron chi connectivity index (χ1n) is 5.07. The van der Waals surface area contributed by atoms with Crippen LogP contribution in [0.3, 0.4) is 0 Å². The van der Waals surface area contributed by atoms with Crippen molar-refractivity contribution in [3.8, 4) is 0 Å². The number of aromatic nitrogens is 2. The molecule has 0 amide bonds. The molecule has 0 saturated heterocycles. The van der Waals surface area contributed by atoms with Crippen LogP contribution in [0.15, 0.2) is 12.4 Å². The Hall–Kier alpha value is -1.25. The summed E-state index contributed by atoms with van der Waals surface area (Å²) in [4.78, 5) is 19.5. The first-order chi connectivity index (χ1) is 6.76. The summed E-state index contributed by atoms with van der Waals surface area (Å²) in [6, 6.07) is 1.91. The van der Waals surface area contributed by atoms with E-state index in [0.29, 0.717) is 12.8 Å². The topological polar surface area (TPSA) is 42.9 Å². The second-order valence-electron chi connectivity index (χ2n) is 3.32. The minimum Gasteiger partial charge on any atom is -0.299 e. The van der Waals surface area contributed by atoms with E-state index in [2.05, 4.69) is 9.97 Å². The van der Waals surface area contributed by atoms with Crippen LogP contribution in [-0.4, -0.2) is 15.8 Å². The number of rotatable bonds is 5. The molecule has 0 aliphatic heterocycles. The molecule has 0 atom stereocenters. The van der Waals surface area contributed by atoms with Gasteiger partial charge in [-0.3, -0.25) is 4.79 Å². The van der Waals surface area contributed by atoms with E-state index in [9.17, 15) is 4.79 Å². The Morgan fingerprint density at radius 2 is 2.00 bits per heavy atom. The van der Waals surface area contributed by atoms with E-state index < -0.39 is 0 Å². The maximum Gasteiger partial charge on any atom is 0.138 e. The molecule has 0 radical (unpaired) electrons. The van der Waals surface area contributed by atoms with E-state index in [1.807, 2.05) is 19.9 Å². The minimum atomic E-state index is 0.258. The molecule has 1 aromatic rings. The summed E-state index contributed by atoms with van der Waals surface area (Å²) < 4.78 is 0. The molecule has 0 bridgehead atoms. The Morgan fingerprint density at radius 3 is 2.64 bits per heavy atom. The molecular formula is C11H16N2O. The molecule has 3 heteroatoms. The van der Waals surface area contributed by atoms with E-state index in [-0.39, 0.29) is 5.78 Å². The smallest absolute Gasteiger partial charge is 0.138 e. The van der Waals surface area contributed by atoms with Crippen molar-refractivity contribution >= 4 is 5.78 Å². The lowest BCUT2D eigenvalue weighted by Crippen LogP contribution is -2.04. The zero-order chi connectivity index (χ0) is 10.4. The maximum absolute atomic E-state index is 11.4. The van der Waals surface area contributed by atoms with Crippen molar-refractivity contribution in [3.63, 3.8) is 0 Å². The van der Waals surface area contributed by atoms with Gasteiger partial charge in [-0.05, 0) is 18.9 Å².